The van der Waals surface area contributed by atoms with Gasteiger partial charge in [0, 0.05) is 12.1 Å². The van der Waals surface area contributed by atoms with Crippen molar-refractivity contribution in [1.82, 2.24) is 4.98 Å². The number of rotatable bonds is 2. The standard InChI is InChI=1S/C14H10F2N2O/c15-10-3-1-8(5-11(10)16)6-14-18-12-7-9(17)2-4-13(12)19-14/h1-5,7H,6,17H2. The number of anilines is 1. The Bertz CT molecular complexity index is 752. The van der Waals surface area contributed by atoms with Crippen LogP contribution in [0.25, 0.3) is 11.1 Å². The highest BCUT2D eigenvalue weighted by atomic mass is 19.2. The first-order valence-electron chi connectivity index (χ1n) is 5.71. The van der Waals surface area contributed by atoms with Gasteiger partial charge in [-0.2, -0.15) is 0 Å². The Hall–Kier alpha value is -2.43. The topological polar surface area (TPSA) is 52.0 Å². The van der Waals surface area contributed by atoms with Crippen molar-refractivity contribution in [2.45, 2.75) is 6.42 Å². The lowest BCUT2D eigenvalue weighted by atomic mass is 10.1. The second-order valence-corrected chi connectivity index (χ2v) is 4.26. The van der Waals surface area contributed by atoms with Gasteiger partial charge in [-0.1, -0.05) is 6.07 Å². The maximum absolute atomic E-state index is 13.1. The SMILES string of the molecule is Nc1ccc2oc(Cc3ccc(F)c(F)c3)nc2c1. The van der Waals surface area contributed by atoms with Gasteiger partial charge in [0.1, 0.15) is 5.52 Å². The summed E-state index contributed by atoms with van der Waals surface area (Å²) >= 11 is 0. The molecule has 0 aliphatic heterocycles. The Morgan fingerprint density at radius 1 is 1.05 bits per heavy atom. The first kappa shape index (κ1) is 11.6. The van der Waals surface area contributed by atoms with Crippen LogP contribution in [0.3, 0.4) is 0 Å². The molecule has 3 nitrogen and oxygen atoms in total. The quantitative estimate of drug-likeness (QED) is 0.719. The van der Waals surface area contributed by atoms with Gasteiger partial charge in [0.25, 0.3) is 0 Å². The van der Waals surface area contributed by atoms with E-state index >= 15 is 0 Å². The van der Waals surface area contributed by atoms with Gasteiger partial charge in [0.15, 0.2) is 23.1 Å². The monoisotopic (exact) mass is 260 g/mol. The third-order valence-electron chi connectivity index (χ3n) is 2.80. The van der Waals surface area contributed by atoms with Crippen molar-refractivity contribution in [2.75, 3.05) is 5.73 Å². The van der Waals surface area contributed by atoms with E-state index in [1.54, 1.807) is 18.2 Å². The Morgan fingerprint density at radius 2 is 1.89 bits per heavy atom. The van der Waals surface area contributed by atoms with Crippen LogP contribution >= 0.6 is 0 Å². The van der Waals surface area contributed by atoms with E-state index in [1.807, 2.05) is 0 Å². The summed E-state index contributed by atoms with van der Waals surface area (Å²) in [5, 5.41) is 0. The number of aromatic nitrogens is 1. The predicted molar refractivity (Wildman–Crippen MR) is 67.6 cm³/mol. The maximum Gasteiger partial charge on any atom is 0.199 e. The molecule has 0 aliphatic rings. The third-order valence-corrected chi connectivity index (χ3v) is 2.80. The van der Waals surface area contributed by atoms with Crippen LogP contribution in [0.5, 0.6) is 0 Å². The zero-order valence-corrected chi connectivity index (χ0v) is 9.86. The highest BCUT2D eigenvalue weighted by molar-refractivity contribution is 5.76. The zero-order valence-electron chi connectivity index (χ0n) is 9.86. The molecule has 0 aliphatic carbocycles. The molecule has 0 atom stereocenters. The molecule has 5 heteroatoms. The van der Waals surface area contributed by atoms with E-state index in [0.717, 1.165) is 12.1 Å². The summed E-state index contributed by atoms with van der Waals surface area (Å²) in [6, 6.07) is 8.88. The molecule has 1 aromatic heterocycles. The van der Waals surface area contributed by atoms with Gasteiger partial charge < -0.3 is 10.2 Å². The van der Waals surface area contributed by atoms with E-state index in [9.17, 15) is 8.78 Å². The smallest absolute Gasteiger partial charge is 0.199 e. The van der Waals surface area contributed by atoms with Gasteiger partial charge in [0.05, 0.1) is 0 Å². The summed E-state index contributed by atoms with van der Waals surface area (Å²) in [6.45, 7) is 0. The summed E-state index contributed by atoms with van der Waals surface area (Å²) < 4.78 is 31.4. The molecule has 3 rings (SSSR count). The molecule has 0 bridgehead atoms. The van der Waals surface area contributed by atoms with E-state index in [4.69, 9.17) is 10.2 Å². The second kappa shape index (κ2) is 4.35. The van der Waals surface area contributed by atoms with Crippen LogP contribution in [0.1, 0.15) is 11.5 Å². The molecule has 0 saturated carbocycles. The van der Waals surface area contributed by atoms with Gasteiger partial charge >= 0.3 is 0 Å². The normalized spacial score (nSPS) is 11.1. The Morgan fingerprint density at radius 3 is 2.68 bits per heavy atom. The van der Waals surface area contributed by atoms with Crippen molar-refractivity contribution in [1.29, 1.82) is 0 Å². The van der Waals surface area contributed by atoms with Gasteiger partial charge in [-0.15, -0.1) is 0 Å². The van der Waals surface area contributed by atoms with E-state index < -0.39 is 11.6 Å². The van der Waals surface area contributed by atoms with Gasteiger partial charge in [-0.3, -0.25) is 0 Å². The van der Waals surface area contributed by atoms with Crippen LogP contribution in [0.4, 0.5) is 14.5 Å². The van der Waals surface area contributed by atoms with Gasteiger partial charge in [0.2, 0.25) is 0 Å². The van der Waals surface area contributed by atoms with E-state index in [1.165, 1.54) is 6.07 Å². The molecule has 0 saturated heterocycles. The Labute approximate surface area is 107 Å². The molecule has 19 heavy (non-hydrogen) atoms. The molecular formula is C14H10F2N2O. The number of nitrogens with zero attached hydrogens (tertiary/aromatic N) is 1. The van der Waals surface area contributed by atoms with Crippen LogP contribution in [0, 0.1) is 11.6 Å². The highest BCUT2D eigenvalue weighted by Crippen LogP contribution is 2.20. The van der Waals surface area contributed by atoms with Crippen LogP contribution < -0.4 is 5.73 Å². The number of halogens is 2. The average molecular weight is 260 g/mol. The zero-order chi connectivity index (χ0) is 13.4. The van der Waals surface area contributed by atoms with Crippen molar-refractivity contribution >= 4 is 16.8 Å². The van der Waals surface area contributed by atoms with Crippen molar-refractivity contribution in [2.24, 2.45) is 0 Å². The molecule has 0 amide bonds. The predicted octanol–water partition coefficient (Wildman–Crippen LogP) is 3.28. The Kier molecular flexibility index (Phi) is 2.67. The molecular weight excluding hydrogens is 250 g/mol. The second-order valence-electron chi connectivity index (χ2n) is 4.26. The molecule has 2 aromatic carbocycles. The fourth-order valence-corrected chi connectivity index (χ4v) is 1.89. The van der Waals surface area contributed by atoms with Gasteiger partial charge in [-0.05, 0) is 35.9 Å². The number of fused-ring (bicyclic) bond motifs is 1. The largest absolute Gasteiger partial charge is 0.440 e. The number of hydrogen-bond donors (Lipinski definition) is 1. The average Bonchev–Trinajstić information content (AvgIpc) is 2.75. The Balaban J connectivity index is 1.94. The minimum Gasteiger partial charge on any atom is -0.440 e. The van der Waals surface area contributed by atoms with Crippen LogP contribution in [0.2, 0.25) is 0 Å². The molecule has 0 spiro atoms. The summed E-state index contributed by atoms with van der Waals surface area (Å²) in [6.07, 6.45) is 0.297. The van der Waals surface area contributed by atoms with Crippen LogP contribution in [0.15, 0.2) is 40.8 Å². The van der Waals surface area contributed by atoms with E-state index in [2.05, 4.69) is 4.98 Å². The van der Waals surface area contributed by atoms with E-state index in [0.29, 0.717) is 34.7 Å². The highest BCUT2D eigenvalue weighted by Gasteiger charge is 2.09. The molecule has 0 unspecified atom stereocenters. The van der Waals surface area contributed by atoms with Crippen molar-refractivity contribution in [3.63, 3.8) is 0 Å². The molecule has 1 heterocycles. The lowest BCUT2D eigenvalue weighted by Gasteiger charge is -1.98. The third kappa shape index (κ3) is 2.27. The van der Waals surface area contributed by atoms with Crippen molar-refractivity contribution < 1.29 is 13.2 Å². The van der Waals surface area contributed by atoms with Gasteiger partial charge in [-0.25, -0.2) is 13.8 Å². The molecule has 0 radical (unpaired) electrons. The molecule has 3 aromatic rings. The minimum absolute atomic E-state index is 0.297. The maximum atomic E-state index is 13.1. The minimum atomic E-state index is -0.877. The molecule has 96 valence electrons. The first-order valence-corrected chi connectivity index (χ1v) is 5.71. The number of hydrogen-bond acceptors (Lipinski definition) is 3. The lowest BCUT2D eigenvalue weighted by molar-refractivity contribution is 0.505. The van der Waals surface area contributed by atoms with E-state index in [-0.39, 0.29) is 0 Å². The summed E-state index contributed by atoms with van der Waals surface area (Å²) in [7, 11) is 0. The fourth-order valence-electron chi connectivity index (χ4n) is 1.89. The summed E-state index contributed by atoms with van der Waals surface area (Å²) in [4.78, 5) is 4.26. The number of nitrogens with two attached hydrogens (primary N) is 1. The van der Waals surface area contributed by atoms with Crippen molar-refractivity contribution in [3.8, 4) is 0 Å². The van der Waals surface area contributed by atoms with Crippen molar-refractivity contribution in [3.05, 3.63) is 59.5 Å². The van der Waals surface area contributed by atoms with Crippen LogP contribution in [-0.2, 0) is 6.42 Å². The number of oxazole rings is 1. The lowest BCUT2D eigenvalue weighted by Crippen LogP contribution is -1.91. The van der Waals surface area contributed by atoms with Crippen LogP contribution in [-0.4, -0.2) is 4.98 Å². The summed E-state index contributed by atoms with van der Waals surface area (Å²) in [5.41, 5.74) is 8.11. The number of nitrogen functional groups attached to an aromatic ring is 1. The molecule has 2 N–H and O–H groups in total. The molecule has 0 fully saturated rings. The summed E-state index contributed by atoms with van der Waals surface area (Å²) in [5.74, 6) is -1.31. The number of benzene rings is 2. The first-order chi connectivity index (χ1) is 9.11. The fraction of sp³-hybridized carbons (Fsp3) is 0.0714.